The largest absolute Gasteiger partial charge is 0.478 e. The second-order valence-corrected chi connectivity index (χ2v) is 4.88. The Morgan fingerprint density at radius 3 is 2.39 bits per heavy atom. The van der Waals surface area contributed by atoms with Gasteiger partial charge in [0.25, 0.3) is 5.91 Å². The molecule has 0 saturated carbocycles. The van der Waals surface area contributed by atoms with Gasteiger partial charge in [-0.2, -0.15) is 0 Å². The lowest BCUT2D eigenvalue weighted by Crippen LogP contribution is -2.44. The van der Waals surface area contributed by atoms with Crippen molar-refractivity contribution < 1.29 is 9.53 Å². The highest BCUT2D eigenvalue weighted by molar-refractivity contribution is 6.01. The molecule has 2 rings (SSSR count). The first-order valence-electron chi connectivity index (χ1n) is 6.23. The van der Waals surface area contributed by atoms with Crippen molar-refractivity contribution in [3.8, 4) is 5.75 Å². The van der Waals surface area contributed by atoms with Crippen LogP contribution >= 0.6 is 0 Å². The summed E-state index contributed by atoms with van der Waals surface area (Å²) in [5.74, 6) is 0.765. The molecule has 1 unspecified atom stereocenters. The van der Waals surface area contributed by atoms with E-state index in [1.54, 1.807) is 11.9 Å². The number of carbonyl (C=O) groups is 1. The third kappa shape index (κ3) is 1.55. The van der Waals surface area contributed by atoms with E-state index in [1.807, 2.05) is 27.7 Å². The minimum absolute atomic E-state index is 0.0108. The van der Waals surface area contributed by atoms with Crippen molar-refractivity contribution in [3.63, 3.8) is 0 Å². The zero-order chi connectivity index (χ0) is 13.6. The van der Waals surface area contributed by atoms with Crippen molar-refractivity contribution in [2.75, 3.05) is 17.7 Å². The summed E-state index contributed by atoms with van der Waals surface area (Å²) in [6, 6.07) is 0. The molecule has 0 saturated heterocycles. The van der Waals surface area contributed by atoms with E-state index < -0.39 is 6.10 Å². The molecule has 1 aliphatic rings. The fourth-order valence-electron chi connectivity index (χ4n) is 2.46. The molecule has 1 aromatic rings. The summed E-state index contributed by atoms with van der Waals surface area (Å²) in [7, 11) is 1.80. The van der Waals surface area contributed by atoms with Crippen LogP contribution in [-0.2, 0) is 4.79 Å². The van der Waals surface area contributed by atoms with Gasteiger partial charge < -0.3 is 15.4 Å². The maximum atomic E-state index is 12.1. The number of carbonyl (C=O) groups excluding carboxylic acids is 1. The summed E-state index contributed by atoms with van der Waals surface area (Å²) in [6.45, 7) is 7.84. The molecule has 0 aromatic heterocycles. The van der Waals surface area contributed by atoms with E-state index in [1.165, 1.54) is 0 Å². The Morgan fingerprint density at radius 1 is 1.22 bits per heavy atom. The summed E-state index contributed by atoms with van der Waals surface area (Å²) >= 11 is 0. The Morgan fingerprint density at radius 2 is 1.83 bits per heavy atom. The minimum atomic E-state index is -0.400. The normalized spacial score (nSPS) is 18.6. The van der Waals surface area contributed by atoms with Gasteiger partial charge in [-0.1, -0.05) is 6.92 Å². The highest BCUT2D eigenvalue weighted by atomic mass is 16.5. The van der Waals surface area contributed by atoms with Crippen LogP contribution in [0.25, 0.3) is 0 Å². The molecule has 0 radical (unpaired) electrons. The number of rotatable bonds is 1. The molecule has 1 heterocycles. The van der Waals surface area contributed by atoms with Gasteiger partial charge in [-0.15, -0.1) is 0 Å². The summed E-state index contributed by atoms with van der Waals surface area (Å²) in [5.41, 5.74) is 10.7. The fourth-order valence-corrected chi connectivity index (χ4v) is 2.46. The molecule has 18 heavy (non-hydrogen) atoms. The van der Waals surface area contributed by atoms with Gasteiger partial charge in [-0.25, -0.2) is 0 Å². The first-order chi connectivity index (χ1) is 8.40. The number of nitrogen functional groups attached to an aromatic ring is 1. The van der Waals surface area contributed by atoms with Gasteiger partial charge in [0.05, 0.1) is 5.69 Å². The summed E-state index contributed by atoms with van der Waals surface area (Å²) in [4.78, 5) is 13.8. The van der Waals surface area contributed by atoms with E-state index in [0.717, 1.165) is 33.8 Å². The van der Waals surface area contributed by atoms with Gasteiger partial charge in [0.1, 0.15) is 5.75 Å². The first-order valence-corrected chi connectivity index (χ1v) is 6.23. The van der Waals surface area contributed by atoms with E-state index in [2.05, 4.69) is 0 Å². The van der Waals surface area contributed by atoms with Gasteiger partial charge >= 0.3 is 0 Å². The number of anilines is 2. The topological polar surface area (TPSA) is 55.6 Å². The van der Waals surface area contributed by atoms with E-state index in [4.69, 9.17) is 10.5 Å². The van der Waals surface area contributed by atoms with Crippen LogP contribution in [0.15, 0.2) is 0 Å². The van der Waals surface area contributed by atoms with E-state index in [9.17, 15) is 4.79 Å². The maximum Gasteiger partial charge on any atom is 0.267 e. The number of hydrogen-bond donors (Lipinski definition) is 1. The Hall–Kier alpha value is -1.71. The maximum absolute atomic E-state index is 12.1. The van der Waals surface area contributed by atoms with Gasteiger partial charge in [0, 0.05) is 18.3 Å². The van der Waals surface area contributed by atoms with Crippen LogP contribution in [-0.4, -0.2) is 19.1 Å². The number of nitrogens with zero attached hydrogens (tertiary/aromatic N) is 1. The predicted molar refractivity (Wildman–Crippen MR) is 73.2 cm³/mol. The van der Waals surface area contributed by atoms with Crippen molar-refractivity contribution in [3.05, 3.63) is 16.7 Å². The Bertz CT molecular complexity index is 523. The molecule has 0 fully saturated rings. The predicted octanol–water partition coefficient (Wildman–Crippen LogP) is 2.33. The molecule has 4 nitrogen and oxygen atoms in total. The molecule has 4 heteroatoms. The van der Waals surface area contributed by atoms with Crippen molar-refractivity contribution in [2.24, 2.45) is 0 Å². The number of hydrogen-bond acceptors (Lipinski definition) is 3. The third-order valence-corrected chi connectivity index (χ3v) is 3.85. The molecule has 1 aliphatic heterocycles. The smallest absolute Gasteiger partial charge is 0.267 e. The number of ether oxygens (including phenoxy) is 1. The van der Waals surface area contributed by atoms with E-state index in [-0.39, 0.29) is 5.91 Å². The zero-order valence-electron chi connectivity index (χ0n) is 11.6. The SMILES string of the molecule is CCC1Oc2c(C)c(N)c(C)c(C)c2N(C)C1=O. The van der Waals surface area contributed by atoms with Gasteiger partial charge in [0.15, 0.2) is 6.10 Å². The average Bonchev–Trinajstić information content (AvgIpc) is 2.36. The van der Waals surface area contributed by atoms with Crippen molar-refractivity contribution in [1.82, 2.24) is 0 Å². The van der Waals surface area contributed by atoms with Crippen LogP contribution in [0, 0.1) is 20.8 Å². The van der Waals surface area contributed by atoms with Crippen LogP contribution in [0.1, 0.15) is 30.0 Å². The molecule has 1 aromatic carbocycles. The lowest BCUT2D eigenvalue weighted by Gasteiger charge is -2.35. The van der Waals surface area contributed by atoms with Crippen molar-refractivity contribution in [1.29, 1.82) is 0 Å². The monoisotopic (exact) mass is 248 g/mol. The molecule has 2 N–H and O–H groups in total. The lowest BCUT2D eigenvalue weighted by atomic mass is 9.97. The van der Waals surface area contributed by atoms with Crippen LogP contribution in [0.3, 0.4) is 0 Å². The number of likely N-dealkylation sites (N-methyl/N-ethyl adjacent to an activating group) is 1. The lowest BCUT2D eigenvalue weighted by molar-refractivity contribution is -0.126. The van der Waals surface area contributed by atoms with Crippen LogP contribution in [0.2, 0.25) is 0 Å². The number of fused-ring (bicyclic) bond motifs is 1. The Labute approximate surface area is 108 Å². The van der Waals surface area contributed by atoms with Gasteiger partial charge in [-0.05, 0) is 38.3 Å². The third-order valence-electron chi connectivity index (χ3n) is 3.85. The number of amides is 1. The molecule has 0 aliphatic carbocycles. The van der Waals surface area contributed by atoms with Crippen LogP contribution in [0.4, 0.5) is 11.4 Å². The van der Waals surface area contributed by atoms with E-state index in [0.29, 0.717) is 6.42 Å². The van der Waals surface area contributed by atoms with Crippen LogP contribution < -0.4 is 15.4 Å². The van der Waals surface area contributed by atoms with Crippen molar-refractivity contribution >= 4 is 17.3 Å². The first kappa shape index (κ1) is 12.7. The summed E-state index contributed by atoms with van der Waals surface area (Å²) in [6.07, 6.45) is 0.261. The molecular formula is C14H20N2O2. The average molecular weight is 248 g/mol. The number of benzene rings is 1. The highest BCUT2D eigenvalue weighted by Gasteiger charge is 2.34. The van der Waals surface area contributed by atoms with Gasteiger partial charge in [-0.3, -0.25) is 4.79 Å². The highest BCUT2D eigenvalue weighted by Crippen LogP contribution is 2.44. The van der Waals surface area contributed by atoms with E-state index >= 15 is 0 Å². The minimum Gasteiger partial charge on any atom is -0.478 e. The quantitative estimate of drug-likeness (QED) is 0.776. The standard InChI is InChI=1S/C14H20N2O2/c1-6-10-14(17)16(5)12-8(3)7(2)11(15)9(4)13(12)18-10/h10H,6,15H2,1-5H3. The Balaban J connectivity index is 2.71. The van der Waals surface area contributed by atoms with Crippen molar-refractivity contribution in [2.45, 2.75) is 40.2 Å². The summed E-state index contributed by atoms with van der Waals surface area (Å²) in [5, 5.41) is 0. The van der Waals surface area contributed by atoms with Crippen LogP contribution in [0.5, 0.6) is 5.75 Å². The number of nitrogens with two attached hydrogens (primary N) is 1. The fraction of sp³-hybridized carbons (Fsp3) is 0.500. The molecule has 98 valence electrons. The molecule has 0 bridgehead atoms. The molecular weight excluding hydrogens is 228 g/mol. The molecule has 0 spiro atoms. The second-order valence-electron chi connectivity index (χ2n) is 4.88. The van der Waals surface area contributed by atoms with Gasteiger partial charge in [0.2, 0.25) is 0 Å². The second kappa shape index (κ2) is 4.19. The zero-order valence-corrected chi connectivity index (χ0v) is 11.6. The molecule has 1 atom stereocenters. The Kier molecular flexibility index (Phi) is 2.97. The summed E-state index contributed by atoms with van der Waals surface area (Å²) < 4.78 is 5.84. The molecule has 1 amide bonds.